The molecule has 1 N–H and O–H groups in total. The van der Waals surface area contributed by atoms with E-state index in [9.17, 15) is 14.0 Å². The van der Waals surface area contributed by atoms with Crippen LogP contribution < -0.4 is 10.7 Å². The molecule has 3 atom stereocenters. The summed E-state index contributed by atoms with van der Waals surface area (Å²) < 4.78 is 23.3. The third-order valence-corrected chi connectivity index (χ3v) is 7.67. The van der Waals surface area contributed by atoms with E-state index in [1.54, 1.807) is 36.5 Å². The number of alkyl halides is 1. The Morgan fingerprint density at radius 2 is 2.02 bits per heavy atom. The normalized spacial score (nSPS) is 18.0. The molecule has 5 aromatic rings. The van der Waals surface area contributed by atoms with Crippen molar-refractivity contribution in [3.63, 3.8) is 0 Å². The highest BCUT2D eigenvalue weighted by atomic mass is 35.5. The summed E-state index contributed by atoms with van der Waals surface area (Å²) in [5.41, 5.74) is 3.35. The van der Waals surface area contributed by atoms with Gasteiger partial charge in [0.25, 0.3) is 0 Å². The predicted octanol–water partition coefficient (Wildman–Crippen LogP) is 5.57. The summed E-state index contributed by atoms with van der Waals surface area (Å²) in [5.74, 6) is -0.646. The van der Waals surface area contributed by atoms with Crippen LogP contribution in [0.25, 0.3) is 28.3 Å². The van der Waals surface area contributed by atoms with Crippen LogP contribution in [0.4, 0.5) is 10.1 Å². The first kappa shape index (κ1) is 27.5. The van der Waals surface area contributed by atoms with Crippen molar-refractivity contribution in [3.8, 4) is 28.3 Å². The molecule has 11 nitrogen and oxygen atoms in total. The van der Waals surface area contributed by atoms with Gasteiger partial charge in [-0.25, -0.2) is 9.07 Å². The molecule has 214 valence electrons. The zero-order valence-corrected chi connectivity index (χ0v) is 23.5. The van der Waals surface area contributed by atoms with Crippen LogP contribution in [0.15, 0.2) is 70.6 Å². The number of aromatic nitrogens is 7. The van der Waals surface area contributed by atoms with E-state index < -0.39 is 12.2 Å². The number of anilines is 1. The summed E-state index contributed by atoms with van der Waals surface area (Å²) in [6.07, 6.45) is 6.27. The summed E-state index contributed by atoms with van der Waals surface area (Å²) in [7, 11) is 0. The number of carbonyl (C=O) groups is 1. The molecule has 1 amide bonds. The van der Waals surface area contributed by atoms with Gasteiger partial charge in [0, 0.05) is 51.5 Å². The van der Waals surface area contributed by atoms with Gasteiger partial charge in [-0.3, -0.25) is 14.6 Å². The Hall–Kier alpha value is -4.71. The van der Waals surface area contributed by atoms with Gasteiger partial charge in [0.1, 0.15) is 12.1 Å². The van der Waals surface area contributed by atoms with Crippen molar-refractivity contribution in [3.05, 3.63) is 87.9 Å². The van der Waals surface area contributed by atoms with E-state index in [2.05, 4.69) is 30.9 Å². The maximum Gasteiger partial charge on any atom is 0.227 e. The molecule has 0 aliphatic carbocycles. The highest BCUT2D eigenvalue weighted by Crippen LogP contribution is 2.36. The van der Waals surface area contributed by atoms with Crippen molar-refractivity contribution < 1.29 is 13.6 Å². The van der Waals surface area contributed by atoms with Gasteiger partial charge in [-0.05, 0) is 60.5 Å². The van der Waals surface area contributed by atoms with Gasteiger partial charge in [-0.15, -0.1) is 5.10 Å². The molecule has 0 saturated carbocycles. The fraction of sp³-hybridized carbons (Fsp3) is 0.276. The van der Waals surface area contributed by atoms with Crippen molar-refractivity contribution >= 4 is 23.2 Å². The van der Waals surface area contributed by atoms with Gasteiger partial charge in [0.15, 0.2) is 11.7 Å². The number of amides is 1. The Morgan fingerprint density at radius 3 is 2.79 bits per heavy atom. The molecular weight excluding hydrogens is 563 g/mol. The minimum atomic E-state index is -1.44. The number of carbonyl (C=O) groups excluding carboxylic acids is 1. The Bertz CT molecular complexity index is 1820. The maximum atomic E-state index is 14.6. The van der Waals surface area contributed by atoms with E-state index in [1.807, 2.05) is 6.92 Å². The van der Waals surface area contributed by atoms with E-state index in [-0.39, 0.29) is 17.3 Å². The average molecular weight is 589 g/mol. The van der Waals surface area contributed by atoms with Crippen molar-refractivity contribution in [1.82, 2.24) is 35.0 Å². The summed E-state index contributed by atoms with van der Waals surface area (Å²) in [4.78, 5) is 31.3. The fourth-order valence-corrected chi connectivity index (χ4v) is 5.44. The summed E-state index contributed by atoms with van der Waals surface area (Å²) in [6.45, 7) is 3.21. The van der Waals surface area contributed by atoms with Gasteiger partial charge in [0.2, 0.25) is 5.91 Å². The molecule has 1 aliphatic heterocycles. The number of fused-ring (bicyclic) bond motifs is 4. The lowest BCUT2D eigenvalue weighted by molar-refractivity contribution is -0.119. The van der Waals surface area contributed by atoms with E-state index in [1.165, 1.54) is 41.1 Å². The zero-order chi connectivity index (χ0) is 29.4. The molecule has 2 unspecified atom stereocenters. The lowest BCUT2D eigenvalue weighted by Gasteiger charge is -2.20. The van der Waals surface area contributed by atoms with Crippen LogP contribution in [-0.4, -0.2) is 40.9 Å². The predicted molar refractivity (Wildman–Crippen MR) is 153 cm³/mol. The molecule has 13 heteroatoms. The maximum absolute atomic E-state index is 14.6. The van der Waals surface area contributed by atoms with Gasteiger partial charge in [-0.2, -0.15) is 9.78 Å². The van der Waals surface area contributed by atoms with Crippen LogP contribution in [0.3, 0.4) is 0 Å². The van der Waals surface area contributed by atoms with Crippen molar-refractivity contribution in [2.24, 2.45) is 5.92 Å². The quantitative estimate of drug-likeness (QED) is 0.288. The second-order valence-corrected chi connectivity index (χ2v) is 10.7. The molecule has 0 spiro atoms. The number of benzene rings is 1. The molecule has 42 heavy (non-hydrogen) atoms. The van der Waals surface area contributed by atoms with Crippen LogP contribution in [0.5, 0.6) is 0 Å². The second-order valence-electron chi connectivity index (χ2n) is 10.2. The standard InChI is InChI=1S/C29H26ClFN8O3/c1-16-4-3-5-20(23-10-18(8-9-32-23)28-24(35-29(16)41)13-34-39(28)17(2)31)22-14-42-27(12-26(22)40)21-11-19(30)6-7-25(21)38-15-33-36-37-38/h6-17,20H,3-5H2,1-2H3,(H,35,41)/t16-,17?,20?/m0/s1. The van der Waals surface area contributed by atoms with Gasteiger partial charge < -0.3 is 9.73 Å². The molecule has 0 fully saturated rings. The smallest absolute Gasteiger partial charge is 0.227 e. The topological polar surface area (TPSA) is 134 Å². The Morgan fingerprint density at radius 1 is 1.17 bits per heavy atom. The SMILES string of the molecule is CC(F)n1ncc2c1-c1ccnc(c1)C(c1coc(-c3cc(Cl)ccc3-n3cnnn3)cc1=O)CCC[C@H](C)C(=O)N2. The minimum Gasteiger partial charge on any atom is -0.464 e. The number of hydrogen-bond donors (Lipinski definition) is 1. The van der Waals surface area contributed by atoms with E-state index in [0.29, 0.717) is 69.5 Å². The summed E-state index contributed by atoms with van der Waals surface area (Å²) >= 11 is 6.28. The van der Waals surface area contributed by atoms with Crippen LogP contribution in [0, 0.1) is 5.92 Å². The number of tetrazole rings is 1. The van der Waals surface area contributed by atoms with Gasteiger partial charge >= 0.3 is 0 Å². The highest BCUT2D eigenvalue weighted by molar-refractivity contribution is 6.31. The van der Waals surface area contributed by atoms with Crippen LogP contribution >= 0.6 is 11.6 Å². The summed E-state index contributed by atoms with van der Waals surface area (Å²) in [6, 6.07) is 10.1. The van der Waals surface area contributed by atoms with E-state index in [4.69, 9.17) is 16.0 Å². The molecule has 1 aliphatic rings. The molecule has 4 aromatic heterocycles. The fourth-order valence-electron chi connectivity index (χ4n) is 5.27. The monoisotopic (exact) mass is 588 g/mol. The third-order valence-electron chi connectivity index (χ3n) is 7.43. The zero-order valence-electron chi connectivity index (χ0n) is 22.7. The number of halogens is 2. The molecule has 6 rings (SSSR count). The Kier molecular flexibility index (Phi) is 7.38. The lowest BCUT2D eigenvalue weighted by Crippen LogP contribution is -2.22. The Labute approximate surface area is 244 Å². The molecule has 0 radical (unpaired) electrons. The van der Waals surface area contributed by atoms with E-state index in [0.717, 1.165) is 0 Å². The molecule has 1 aromatic carbocycles. The minimum absolute atomic E-state index is 0.183. The first-order valence-electron chi connectivity index (χ1n) is 13.4. The lowest BCUT2D eigenvalue weighted by atomic mass is 9.88. The summed E-state index contributed by atoms with van der Waals surface area (Å²) in [5, 5.41) is 18.9. The van der Waals surface area contributed by atoms with Crippen molar-refractivity contribution in [2.45, 2.75) is 45.3 Å². The van der Waals surface area contributed by atoms with Gasteiger partial charge in [0.05, 0.1) is 29.5 Å². The van der Waals surface area contributed by atoms with Crippen LogP contribution in [0.2, 0.25) is 5.02 Å². The molecule has 2 bridgehead atoms. The molecule has 0 saturated heterocycles. The van der Waals surface area contributed by atoms with E-state index >= 15 is 0 Å². The first-order chi connectivity index (χ1) is 20.3. The highest BCUT2D eigenvalue weighted by Gasteiger charge is 2.26. The first-order valence-corrected chi connectivity index (χ1v) is 13.8. The van der Waals surface area contributed by atoms with Crippen molar-refractivity contribution in [1.29, 1.82) is 0 Å². The average Bonchev–Trinajstić information content (AvgIpc) is 3.66. The Balaban J connectivity index is 1.45. The third kappa shape index (κ3) is 5.20. The van der Waals surface area contributed by atoms with Crippen molar-refractivity contribution in [2.75, 3.05) is 5.32 Å². The van der Waals surface area contributed by atoms with Crippen LogP contribution in [0.1, 0.15) is 56.6 Å². The molecular formula is C29H26ClFN8O3. The van der Waals surface area contributed by atoms with Gasteiger partial charge in [-0.1, -0.05) is 24.9 Å². The van der Waals surface area contributed by atoms with Crippen LogP contribution in [-0.2, 0) is 4.79 Å². The number of hydrogen-bond acceptors (Lipinski definition) is 8. The number of nitrogens with one attached hydrogen (secondary N) is 1. The largest absolute Gasteiger partial charge is 0.464 e. The number of pyridine rings is 1. The number of rotatable bonds is 4. The number of nitrogens with zero attached hydrogens (tertiary/aromatic N) is 7. The molecule has 5 heterocycles. The second kappa shape index (κ2) is 11.3.